The first-order chi connectivity index (χ1) is 9.08. The van der Waals surface area contributed by atoms with Crippen molar-refractivity contribution in [3.8, 4) is 0 Å². The van der Waals surface area contributed by atoms with Crippen LogP contribution >= 0.6 is 11.6 Å². The fourth-order valence-electron chi connectivity index (χ4n) is 1.66. The minimum absolute atomic E-state index is 0.120. The van der Waals surface area contributed by atoms with Crippen molar-refractivity contribution in [3.63, 3.8) is 0 Å². The van der Waals surface area contributed by atoms with E-state index in [1.54, 1.807) is 21.8 Å². The summed E-state index contributed by atoms with van der Waals surface area (Å²) in [6, 6.07) is 1.85. The van der Waals surface area contributed by atoms with E-state index in [2.05, 4.69) is 15.5 Å². The van der Waals surface area contributed by atoms with Gasteiger partial charge in [-0.1, -0.05) is 11.6 Å². The first-order valence-electron chi connectivity index (χ1n) is 6.07. The van der Waals surface area contributed by atoms with Crippen LogP contribution in [-0.2, 0) is 24.4 Å². The molecule has 1 amide bonds. The van der Waals surface area contributed by atoms with Gasteiger partial charge in [-0.15, -0.1) is 0 Å². The predicted octanol–water partition coefficient (Wildman–Crippen LogP) is 1.38. The van der Waals surface area contributed by atoms with Crippen LogP contribution in [0.1, 0.15) is 18.3 Å². The molecule has 1 N–H and O–H groups in total. The number of rotatable bonds is 5. The van der Waals surface area contributed by atoms with Crippen molar-refractivity contribution in [2.24, 2.45) is 0 Å². The molecule has 102 valence electrons. The van der Waals surface area contributed by atoms with Crippen LogP contribution in [-0.4, -0.2) is 25.5 Å². The Hall–Kier alpha value is -1.82. The molecular weight excluding hydrogens is 266 g/mol. The number of hydrogen-bond donors (Lipinski definition) is 1. The molecule has 0 aromatic carbocycles. The van der Waals surface area contributed by atoms with Crippen LogP contribution in [0.4, 0.5) is 0 Å². The molecule has 0 radical (unpaired) electrons. The van der Waals surface area contributed by atoms with Crippen LogP contribution in [0.25, 0.3) is 0 Å². The maximum atomic E-state index is 11.7. The third kappa shape index (κ3) is 3.57. The van der Waals surface area contributed by atoms with Gasteiger partial charge in [-0.05, 0) is 19.9 Å². The smallest absolute Gasteiger partial charge is 0.242 e. The number of nitrogens with one attached hydrogen (secondary N) is 1. The molecule has 2 heterocycles. The third-order valence-corrected chi connectivity index (χ3v) is 2.96. The molecule has 0 aliphatic carbocycles. The standard InChI is InChI=1S/C12H16ClN5O/c1-3-17-7-10(13)11(16-17)6-14-12(19)8-18-5-4-9(2)15-18/h4-5,7H,3,6,8H2,1-2H3,(H,14,19). The van der Waals surface area contributed by atoms with Crippen molar-refractivity contribution >= 4 is 17.5 Å². The van der Waals surface area contributed by atoms with Crippen LogP contribution in [0.3, 0.4) is 0 Å². The number of hydrogen-bond acceptors (Lipinski definition) is 3. The van der Waals surface area contributed by atoms with E-state index in [0.717, 1.165) is 12.2 Å². The number of carbonyl (C=O) groups is 1. The molecule has 2 aromatic heterocycles. The quantitative estimate of drug-likeness (QED) is 0.900. The summed E-state index contributed by atoms with van der Waals surface area (Å²) in [4.78, 5) is 11.7. The number of amides is 1. The number of aromatic nitrogens is 4. The molecule has 0 fully saturated rings. The molecule has 0 saturated carbocycles. The van der Waals surface area contributed by atoms with Crippen LogP contribution in [0.5, 0.6) is 0 Å². The van der Waals surface area contributed by atoms with Gasteiger partial charge in [-0.25, -0.2) is 0 Å². The van der Waals surface area contributed by atoms with Crippen LogP contribution in [0.2, 0.25) is 5.02 Å². The van der Waals surface area contributed by atoms with E-state index >= 15 is 0 Å². The lowest BCUT2D eigenvalue weighted by molar-refractivity contribution is -0.122. The highest BCUT2D eigenvalue weighted by molar-refractivity contribution is 6.31. The average Bonchev–Trinajstić information content (AvgIpc) is 2.93. The monoisotopic (exact) mass is 281 g/mol. The topological polar surface area (TPSA) is 64.7 Å². The zero-order chi connectivity index (χ0) is 13.8. The molecule has 7 heteroatoms. The van der Waals surface area contributed by atoms with E-state index in [9.17, 15) is 4.79 Å². The maximum absolute atomic E-state index is 11.7. The van der Waals surface area contributed by atoms with Gasteiger partial charge < -0.3 is 5.32 Å². The summed E-state index contributed by atoms with van der Waals surface area (Å²) >= 11 is 6.02. The average molecular weight is 282 g/mol. The van der Waals surface area contributed by atoms with Gasteiger partial charge in [0.1, 0.15) is 12.2 Å². The van der Waals surface area contributed by atoms with Crippen molar-refractivity contribution in [2.45, 2.75) is 33.5 Å². The van der Waals surface area contributed by atoms with Gasteiger partial charge in [-0.2, -0.15) is 10.2 Å². The highest BCUT2D eigenvalue weighted by atomic mass is 35.5. The van der Waals surface area contributed by atoms with Crippen molar-refractivity contribution in [1.82, 2.24) is 24.9 Å². The Labute approximate surface area is 116 Å². The van der Waals surface area contributed by atoms with Gasteiger partial charge in [0.15, 0.2) is 0 Å². The summed E-state index contributed by atoms with van der Waals surface area (Å²) in [5.74, 6) is -0.120. The zero-order valence-electron chi connectivity index (χ0n) is 10.9. The van der Waals surface area contributed by atoms with Gasteiger partial charge in [0.2, 0.25) is 5.91 Å². The lowest BCUT2D eigenvalue weighted by Gasteiger charge is -2.04. The maximum Gasteiger partial charge on any atom is 0.242 e. The SMILES string of the molecule is CCn1cc(Cl)c(CNC(=O)Cn2ccc(C)n2)n1. The van der Waals surface area contributed by atoms with Crippen LogP contribution in [0, 0.1) is 6.92 Å². The first-order valence-corrected chi connectivity index (χ1v) is 6.45. The molecule has 19 heavy (non-hydrogen) atoms. The highest BCUT2D eigenvalue weighted by Crippen LogP contribution is 2.13. The molecule has 0 aliphatic rings. The van der Waals surface area contributed by atoms with Gasteiger partial charge in [0.25, 0.3) is 0 Å². The number of aryl methyl sites for hydroxylation is 2. The van der Waals surface area contributed by atoms with E-state index in [-0.39, 0.29) is 12.5 Å². The van der Waals surface area contributed by atoms with Gasteiger partial charge in [0.05, 0.1) is 17.3 Å². The lowest BCUT2D eigenvalue weighted by atomic mass is 10.4. The largest absolute Gasteiger partial charge is 0.349 e. The molecule has 0 bridgehead atoms. The molecule has 2 aromatic rings. The molecule has 0 atom stereocenters. The van der Waals surface area contributed by atoms with Gasteiger partial charge in [-0.3, -0.25) is 14.2 Å². The Morgan fingerprint density at radius 1 is 1.42 bits per heavy atom. The summed E-state index contributed by atoms with van der Waals surface area (Å²) in [7, 11) is 0. The predicted molar refractivity (Wildman–Crippen MR) is 71.7 cm³/mol. The normalized spacial score (nSPS) is 10.7. The molecule has 0 unspecified atom stereocenters. The molecule has 0 saturated heterocycles. The fourth-order valence-corrected chi connectivity index (χ4v) is 1.87. The highest BCUT2D eigenvalue weighted by Gasteiger charge is 2.09. The van der Waals surface area contributed by atoms with Gasteiger partial charge in [0, 0.05) is 18.9 Å². The van der Waals surface area contributed by atoms with E-state index in [4.69, 9.17) is 11.6 Å². The Morgan fingerprint density at radius 3 is 2.79 bits per heavy atom. The second-order valence-corrected chi connectivity index (χ2v) is 4.62. The summed E-state index contributed by atoms with van der Waals surface area (Å²) in [6.07, 6.45) is 3.52. The Balaban J connectivity index is 1.87. The Kier molecular flexibility index (Phi) is 4.21. The van der Waals surface area contributed by atoms with Crippen molar-refractivity contribution in [3.05, 3.63) is 34.9 Å². The zero-order valence-corrected chi connectivity index (χ0v) is 11.7. The van der Waals surface area contributed by atoms with E-state index in [1.807, 2.05) is 19.9 Å². The Morgan fingerprint density at radius 2 is 2.21 bits per heavy atom. The summed E-state index contributed by atoms with van der Waals surface area (Å²) in [5, 5.41) is 11.8. The fraction of sp³-hybridized carbons (Fsp3) is 0.417. The summed E-state index contributed by atoms with van der Waals surface area (Å²) < 4.78 is 3.33. The summed E-state index contributed by atoms with van der Waals surface area (Å²) in [5.41, 5.74) is 1.56. The second-order valence-electron chi connectivity index (χ2n) is 4.21. The van der Waals surface area contributed by atoms with Crippen molar-refractivity contribution < 1.29 is 4.79 Å². The lowest BCUT2D eigenvalue weighted by Crippen LogP contribution is -2.27. The minimum atomic E-state index is -0.120. The first kappa shape index (κ1) is 13.6. The molecular formula is C12H16ClN5O. The number of halogens is 1. The van der Waals surface area contributed by atoms with E-state index in [0.29, 0.717) is 17.3 Å². The van der Waals surface area contributed by atoms with Gasteiger partial charge >= 0.3 is 0 Å². The Bertz CT molecular complexity index is 574. The number of nitrogens with zero attached hydrogens (tertiary/aromatic N) is 4. The third-order valence-electron chi connectivity index (χ3n) is 2.64. The molecule has 6 nitrogen and oxygen atoms in total. The molecule has 2 rings (SSSR count). The van der Waals surface area contributed by atoms with E-state index < -0.39 is 0 Å². The van der Waals surface area contributed by atoms with E-state index in [1.165, 1.54) is 0 Å². The number of carbonyl (C=O) groups excluding carboxylic acids is 1. The summed E-state index contributed by atoms with van der Waals surface area (Å²) in [6.45, 7) is 5.13. The minimum Gasteiger partial charge on any atom is -0.349 e. The molecule has 0 aliphatic heterocycles. The molecule has 0 spiro atoms. The van der Waals surface area contributed by atoms with Crippen molar-refractivity contribution in [1.29, 1.82) is 0 Å². The second kappa shape index (κ2) is 5.88. The van der Waals surface area contributed by atoms with Crippen LogP contribution in [0.15, 0.2) is 18.5 Å². The van der Waals surface area contributed by atoms with Crippen molar-refractivity contribution in [2.75, 3.05) is 0 Å². The van der Waals surface area contributed by atoms with Crippen LogP contribution < -0.4 is 5.32 Å².